The number of rotatable bonds is 5. The lowest BCUT2D eigenvalue weighted by Gasteiger charge is -2.24. The molecule has 2 aromatic carbocycles. The van der Waals surface area contributed by atoms with Crippen molar-refractivity contribution in [2.45, 2.75) is 52.6 Å². The van der Waals surface area contributed by atoms with Crippen molar-refractivity contribution in [3.05, 3.63) is 70.9 Å². The maximum atomic E-state index is 13.3. The van der Waals surface area contributed by atoms with E-state index in [1.807, 2.05) is 48.5 Å². The van der Waals surface area contributed by atoms with Crippen molar-refractivity contribution in [2.24, 2.45) is 5.92 Å². The molecule has 2 unspecified atom stereocenters. The first kappa shape index (κ1) is 21.0. The van der Waals surface area contributed by atoms with Gasteiger partial charge in [0.05, 0.1) is 11.1 Å². The minimum atomic E-state index is -0.915. The molecule has 160 valence electrons. The Kier molecular flexibility index (Phi) is 6.03. The van der Waals surface area contributed by atoms with Crippen molar-refractivity contribution in [1.82, 2.24) is 4.98 Å². The average molecular weight is 417 g/mol. The van der Waals surface area contributed by atoms with Gasteiger partial charge < -0.3 is 10.1 Å². The Labute approximate surface area is 182 Å². The van der Waals surface area contributed by atoms with E-state index in [0.29, 0.717) is 17.2 Å². The summed E-state index contributed by atoms with van der Waals surface area (Å²) >= 11 is 0. The third-order valence-corrected chi connectivity index (χ3v) is 5.99. The molecule has 1 aromatic heterocycles. The van der Waals surface area contributed by atoms with E-state index < -0.39 is 12.1 Å². The van der Waals surface area contributed by atoms with Crippen LogP contribution in [0.3, 0.4) is 0 Å². The Bertz CT molecular complexity index is 1120. The van der Waals surface area contributed by atoms with Crippen LogP contribution in [0.2, 0.25) is 0 Å². The number of esters is 1. The Morgan fingerprint density at radius 2 is 1.90 bits per heavy atom. The van der Waals surface area contributed by atoms with Crippen LogP contribution in [0.5, 0.6) is 0 Å². The van der Waals surface area contributed by atoms with Crippen molar-refractivity contribution in [3.63, 3.8) is 0 Å². The van der Waals surface area contributed by atoms with Gasteiger partial charge in [0.25, 0.3) is 5.91 Å². The fourth-order valence-electron chi connectivity index (χ4n) is 4.14. The van der Waals surface area contributed by atoms with Crippen LogP contribution in [0.25, 0.3) is 10.9 Å². The second-order valence-corrected chi connectivity index (χ2v) is 8.36. The van der Waals surface area contributed by atoms with Crippen LogP contribution in [0.4, 0.5) is 5.69 Å². The van der Waals surface area contributed by atoms with Gasteiger partial charge in [-0.25, -0.2) is 4.79 Å². The number of hydrogen-bond acceptors (Lipinski definition) is 4. The minimum Gasteiger partial charge on any atom is -0.449 e. The number of aromatic nitrogens is 1. The molecular weight excluding hydrogens is 388 g/mol. The molecule has 1 N–H and O–H groups in total. The molecule has 0 aliphatic heterocycles. The molecule has 0 fully saturated rings. The zero-order chi connectivity index (χ0) is 22.0. The molecule has 0 saturated carbocycles. The van der Waals surface area contributed by atoms with E-state index in [1.165, 1.54) is 5.56 Å². The largest absolute Gasteiger partial charge is 0.449 e. The topological polar surface area (TPSA) is 68.3 Å². The van der Waals surface area contributed by atoms with Gasteiger partial charge in [-0.3, -0.25) is 9.78 Å². The predicted octanol–water partition coefficient (Wildman–Crippen LogP) is 5.11. The molecule has 1 aliphatic rings. The lowest BCUT2D eigenvalue weighted by molar-refractivity contribution is -0.123. The van der Waals surface area contributed by atoms with Crippen LogP contribution in [0, 0.1) is 5.92 Å². The second-order valence-electron chi connectivity index (χ2n) is 8.36. The van der Waals surface area contributed by atoms with Crippen LogP contribution in [0.15, 0.2) is 48.5 Å². The molecule has 0 radical (unpaired) electrons. The number of benzene rings is 2. The average Bonchev–Trinajstić information content (AvgIpc) is 2.77. The normalized spacial score (nSPS) is 16.4. The highest BCUT2D eigenvalue weighted by Crippen LogP contribution is 2.32. The molecular formula is C26H28N2O3. The van der Waals surface area contributed by atoms with E-state index >= 15 is 0 Å². The molecule has 0 saturated heterocycles. The van der Waals surface area contributed by atoms with E-state index in [2.05, 4.69) is 19.2 Å². The standard InChI is InChI=1S/C26H28N2O3/c1-4-18-10-12-19(13-11-18)27-25(29)17(3)31-26(30)24-20-7-5-6-8-22(20)28-23-14-9-16(2)15-21(23)24/h5-8,10-13,16-17H,4,9,14-15H2,1-3H3,(H,27,29). The number of hydrogen-bond donors (Lipinski definition) is 1. The number of fused-ring (bicyclic) bond motifs is 2. The summed E-state index contributed by atoms with van der Waals surface area (Å²) in [5, 5.41) is 3.61. The summed E-state index contributed by atoms with van der Waals surface area (Å²) in [5.41, 5.74) is 5.16. The highest BCUT2D eigenvalue weighted by molar-refractivity contribution is 6.06. The van der Waals surface area contributed by atoms with E-state index in [9.17, 15) is 9.59 Å². The number of aryl methyl sites for hydroxylation is 2. The fourth-order valence-corrected chi connectivity index (χ4v) is 4.14. The number of pyridine rings is 1. The summed E-state index contributed by atoms with van der Waals surface area (Å²) in [6, 6.07) is 15.3. The van der Waals surface area contributed by atoms with Gasteiger partial charge in [-0.05, 0) is 67.9 Å². The quantitative estimate of drug-likeness (QED) is 0.587. The molecule has 2 atom stereocenters. The van der Waals surface area contributed by atoms with Crippen molar-refractivity contribution in [3.8, 4) is 0 Å². The van der Waals surface area contributed by atoms with E-state index in [0.717, 1.165) is 47.8 Å². The summed E-state index contributed by atoms with van der Waals surface area (Å²) < 4.78 is 5.65. The summed E-state index contributed by atoms with van der Waals surface area (Å²) in [5.74, 6) is -0.333. The molecule has 0 bridgehead atoms. The molecule has 0 spiro atoms. The Morgan fingerprint density at radius 3 is 2.65 bits per heavy atom. The van der Waals surface area contributed by atoms with Gasteiger partial charge in [0.1, 0.15) is 0 Å². The number of carbonyl (C=O) groups excluding carboxylic acids is 2. The van der Waals surface area contributed by atoms with E-state index in [4.69, 9.17) is 9.72 Å². The number of anilines is 1. The molecule has 5 nitrogen and oxygen atoms in total. The summed E-state index contributed by atoms with van der Waals surface area (Å²) in [6.45, 7) is 5.87. The number of carbonyl (C=O) groups is 2. The molecule has 5 heteroatoms. The van der Waals surface area contributed by atoms with Crippen LogP contribution in [-0.2, 0) is 28.8 Å². The zero-order valence-corrected chi connectivity index (χ0v) is 18.3. The molecule has 1 amide bonds. The van der Waals surface area contributed by atoms with Crippen molar-refractivity contribution >= 4 is 28.5 Å². The predicted molar refractivity (Wildman–Crippen MR) is 122 cm³/mol. The Hall–Kier alpha value is -3.21. The Balaban J connectivity index is 1.57. The highest BCUT2D eigenvalue weighted by atomic mass is 16.5. The maximum absolute atomic E-state index is 13.3. The lowest BCUT2D eigenvalue weighted by Crippen LogP contribution is -2.31. The molecule has 1 heterocycles. The van der Waals surface area contributed by atoms with E-state index in [-0.39, 0.29) is 5.91 Å². The van der Waals surface area contributed by atoms with Crippen molar-refractivity contribution < 1.29 is 14.3 Å². The van der Waals surface area contributed by atoms with Crippen molar-refractivity contribution in [1.29, 1.82) is 0 Å². The molecule has 31 heavy (non-hydrogen) atoms. The first-order chi connectivity index (χ1) is 15.0. The van der Waals surface area contributed by atoms with Gasteiger partial charge in [-0.1, -0.05) is 44.2 Å². The highest BCUT2D eigenvalue weighted by Gasteiger charge is 2.28. The monoisotopic (exact) mass is 416 g/mol. The van der Waals surface area contributed by atoms with E-state index in [1.54, 1.807) is 6.92 Å². The third-order valence-electron chi connectivity index (χ3n) is 5.99. The minimum absolute atomic E-state index is 0.349. The molecule has 4 rings (SSSR count). The number of para-hydroxylation sites is 1. The summed E-state index contributed by atoms with van der Waals surface area (Å²) in [7, 11) is 0. The first-order valence-corrected chi connectivity index (χ1v) is 11.0. The summed E-state index contributed by atoms with van der Waals surface area (Å²) in [6.07, 6.45) is 2.72. The van der Waals surface area contributed by atoms with Crippen molar-refractivity contribution in [2.75, 3.05) is 5.32 Å². The zero-order valence-electron chi connectivity index (χ0n) is 18.3. The SMILES string of the molecule is CCc1ccc(NC(=O)C(C)OC(=O)c2c3c(nc4ccccc24)CCC(C)C3)cc1. The molecule has 3 aromatic rings. The van der Waals surface area contributed by atoms with Gasteiger partial charge in [-0.2, -0.15) is 0 Å². The second kappa shape index (κ2) is 8.88. The number of nitrogens with zero attached hydrogens (tertiary/aromatic N) is 1. The smallest absolute Gasteiger partial charge is 0.339 e. The number of ether oxygens (including phenoxy) is 1. The fraction of sp³-hybridized carbons (Fsp3) is 0.346. The van der Waals surface area contributed by atoms with Crippen LogP contribution in [-0.4, -0.2) is 23.0 Å². The lowest BCUT2D eigenvalue weighted by atomic mass is 9.84. The Morgan fingerprint density at radius 1 is 1.16 bits per heavy atom. The van der Waals surface area contributed by atoms with Gasteiger partial charge in [-0.15, -0.1) is 0 Å². The van der Waals surface area contributed by atoms with Gasteiger partial charge >= 0.3 is 5.97 Å². The molecule has 1 aliphatic carbocycles. The van der Waals surface area contributed by atoms with Gasteiger partial charge in [0.2, 0.25) is 0 Å². The van der Waals surface area contributed by atoms with Crippen LogP contribution < -0.4 is 5.32 Å². The third kappa shape index (κ3) is 4.46. The van der Waals surface area contributed by atoms with Crippen LogP contribution >= 0.6 is 0 Å². The first-order valence-electron chi connectivity index (χ1n) is 11.0. The van der Waals surface area contributed by atoms with Crippen LogP contribution in [0.1, 0.15) is 54.4 Å². The van der Waals surface area contributed by atoms with Gasteiger partial charge in [0.15, 0.2) is 6.10 Å². The summed E-state index contributed by atoms with van der Waals surface area (Å²) in [4.78, 5) is 30.7. The van der Waals surface area contributed by atoms with Gasteiger partial charge in [0, 0.05) is 16.8 Å². The number of amides is 1. The number of nitrogens with one attached hydrogen (secondary N) is 1. The maximum Gasteiger partial charge on any atom is 0.339 e.